The topological polar surface area (TPSA) is 116 Å². The van der Waals surface area contributed by atoms with Gasteiger partial charge in [-0.2, -0.15) is 10.2 Å². The molecule has 0 aliphatic carbocycles. The van der Waals surface area contributed by atoms with Gasteiger partial charge < -0.3 is 15.0 Å². The van der Waals surface area contributed by atoms with Gasteiger partial charge in [0.05, 0.1) is 46.3 Å². The minimum absolute atomic E-state index is 0.0531. The van der Waals surface area contributed by atoms with E-state index in [1.807, 2.05) is 6.92 Å². The van der Waals surface area contributed by atoms with E-state index in [9.17, 15) is 22.4 Å². The highest BCUT2D eigenvalue weighted by Gasteiger charge is 2.30. The van der Waals surface area contributed by atoms with E-state index in [2.05, 4.69) is 30.6 Å². The molecule has 4 heterocycles. The number of fused-ring (bicyclic) bond motifs is 1. The van der Waals surface area contributed by atoms with Gasteiger partial charge in [0.1, 0.15) is 23.6 Å². The van der Waals surface area contributed by atoms with Crippen molar-refractivity contribution in [2.24, 2.45) is 0 Å². The van der Waals surface area contributed by atoms with Crippen LogP contribution in [0.4, 0.5) is 29.1 Å². The van der Waals surface area contributed by atoms with E-state index < -0.39 is 35.8 Å². The van der Waals surface area contributed by atoms with Crippen LogP contribution in [-0.2, 0) is 0 Å². The summed E-state index contributed by atoms with van der Waals surface area (Å²) < 4.78 is 64.0. The van der Waals surface area contributed by atoms with Crippen molar-refractivity contribution >= 4 is 28.4 Å². The number of anilines is 2. The molecule has 1 aromatic carbocycles. The van der Waals surface area contributed by atoms with Crippen LogP contribution in [0.5, 0.6) is 5.75 Å². The van der Waals surface area contributed by atoms with Crippen LogP contribution in [0.2, 0.25) is 0 Å². The molecule has 1 amide bonds. The first-order valence-electron chi connectivity index (χ1n) is 12.5. The zero-order valence-electron chi connectivity index (χ0n) is 23.1. The molecule has 0 unspecified atom stereocenters. The smallest absolute Gasteiger partial charge is 0.282 e. The third-order valence-corrected chi connectivity index (χ3v) is 6.47. The van der Waals surface area contributed by atoms with Crippen LogP contribution < -0.4 is 10.1 Å². The van der Waals surface area contributed by atoms with Crippen molar-refractivity contribution in [1.82, 2.24) is 39.4 Å². The lowest BCUT2D eigenvalue weighted by atomic mass is 10.1. The molecule has 1 N–H and O–H groups in total. The van der Waals surface area contributed by atoms with E-state index >= 15 is 0 Å². The van der Waals surface area contributed by atoms with Crippen molar-refractivity contribution in [2.75, 3.05) is 26.5 Å². The van der Waals surface area contributed by atoms with Gasteiger partial charge in [0.25, 0.3) is 18.8 Å². The Hall–Kier alpha value is -5.08. The van der Waals surface area contributed by atoms with Crippen LogP contribution >= 0.6 is 0 Å². The minimum atomic E-state index is -3.12. The number of alkyl halides is 4. The van der Waals surface area contributed by atoms with E-state index in [-0.39, 0.29) is 17.1 Å². The van der Waals surface area contributed by atoms with E-state index in [1.165, 1.54) is 45.1 Å². The number of pyridine rings is 1. The SMILES string of the molecule is COc1cc2c(cc1Nc1ccc(C)nn1)ncn2-c1ccc(C(F)F)c(-n2nc(C(F)F)c(C(=O)N(C)C)c2C)n1. The van der Waals surface area contributed by atoms with Gasteiger partial charge in [0.15, 0.2) is 11.6 Å². The summed E-state index contributed by atoms with van der Waals surface area (Å²) in [5.74, 6) is -0.0795. The zero-order valence-corrected chi connectivity index (χ0v) is 23.1. The van der Waals surface area contributed by atoms with Crippen LogP contribution in [0, 0.1) is 13.8 Å². The number of ether oxygens (including phenoxy) is 1. The number of aryl methyl sites for hydroxylation is 1. The van der Waals surface area contributed by atoms with E-state index in [0.717, 1.165) is 21.3 Å². The number of imidazole rings is 1. The van der Waals surface area contributed by atoms with Crippen molar-refractivity contribution in [3.05, 3.63) is 70.9 Å². The molecule has 0 bridgehead atoms. The quantitative estimate of drug-likeness (QED) is 0.244. The summed E-state index contributed by atoms with van der Waals surface area (Å²) >= 11 is 0. The predicted octanol–water partition coefficient (Wildman–Crippen LogP) is 5.34. The molecule has 0 radical (unpaired) electrons. The molecule has 0 aliphatic heterocycles. The van der Waals surface area contributed by atoms with Gasteiger partial charge in [-0.25, -0.2) is 32.2 Å². The third-order valence-electron chi connectivity index (χ3n) is 6.47. The Kier molecular flexibility index (Phi) is 7.49. The Morgan fingerprint density at radius 2 is 1.79 bits per heavy atom. The summed E-state index contributed by atoms with van der Waals surface area (Å²) in [6.07, 6.45) is -4.69. The highest BCUT2D eigenvalue weighted by molar-refractivity contribution is 5.96. The molecule has 0 fully saturated rings. The van der Waals surface area contributed by atoms with Gasteiger partial charge in [-0.05, 0) is 44.2 Å². The fourth-order valence-corrected chi connectivity index (χ4v) is 4.38. The average Bonchev–Trinajstić information content (AvgIpc) is 3.53. The van der Waals surface area contributed by atoms with Crippen LogP contribution in [-0.4, -0.2) is 66.5 Å². The van der Waals surface area contributed by atoms with Gasteiger partial charge in [-0.15, -0.1) is 5.10 Å². The lowest BCUT2D eigenvalue weighted by Crippen LogP contribution is -2.23. The monoisotopic (exact) mass is 583 g/mol. The Morgan fingerprint density at radius 3 is 2.40 bits per heavy atom. The summed E-state index contributed by atoms with van der Waals surface area (Å²) in [6.45, 7) is 3.17. The number of methoxy groups -OCH3 is 1. The van der Waals surface area contributed by atoms with Gasteiger partial charge >= 0.3 is 0 Å². The molecule has 4 aromatic heterocycles. The van der Waals surface area contributed by atoms with Gasteiger partial charge in [0.2, 0.25) is 0 Å². The highest BCUT2D eigenvalue weighted by atomic mass is 19.3. The second-order valence-corrected chi connectivity index (χ2v) is 9.48. The zero-order chi connectivity index (χ0) is 30.3. The summed E-state index contributed by atoms with van der Waals surface area (Å²) in [4.78, 5) is 22.6. The average molecular weight is 584 g/mol. The highest BCUT2D eigenvalue weighted by Crippen LogP contribution is 2.34. The Balaban J connectivity index is 1.64. The maximum absolute atomic E-state index is 14.1. The number of carbonyl (C=O) groups is 1. The lowest BCUT2D eigenvalue weighted by Gasteiger charge is -2.14. The van der Waals surface area contributed by atoms with E-state index in [4.69, 9.17) is 4.74 Å². The molecule has 42 heavy (non-hydrogen) atoms. The molecule has 0 saturated heterocycles. The maximum atomic E-state index is 14.1. The number of nitrogens with one attached hydrogen (secondary N) is 1. The van der Waals surface area contributed by atoms with Gasteiger partial charge in [-0.3, -0.25) is 9.36 Å². The maximum Gasteiger partial charge on any atom is 0.282 e. The molecule has 5 aromatic rings. The molecule has 5 rings (SSSR count). The molecule has 0 atom stereocenters. The van der Waals surface area contributed by atoms with Gasteiger partial charge in [-0.1, -0.05) is 0 Å². The number of nitrogens with zero attached hydrogens (tertiary/aromatic N) is 8. The number of hydrogen-bond donors (Lipinski definition) is 1. The fraction of sp³-hybridized carbons (Fsp3) is 0.259. The molecule has 0 aliphatic rings. The first-order valence-corrected chi connectivity index (χ1v) is 12.5. The number of benzene rings is 1. The van der Waals surface area contributed by atoms with Crippen molar-refractivity contribution in [2.45, 2.75) is 26.7 Å². The Bertz CT molecular complexity index is 1780. The van der Waals surface area contributed by atoms with Crippen molar-refractivity contribution in [3.8, 4) is 17.4 Å². The lowest BCUT2D eigenvalue weighted by molar-refractivity contribution is 0.0813. The number of amides is 1. The summed E-state index contributed by atoms with van der Waals surface area (Å²) in [5, 5.41) is 15.1. The van der Waals surface area contributed by atoms with Crippen LogP contribution in [0.1, 0.15) is 45.9 Å². The Labute approximate surface area is 236 Å². The number of hydrogen-bond acceptors (Lipinski definition) is 8. The van der Waals surface area contributed by atoms with Crippen LogP contribution in [0.25, 0.3) is 22.7 Å². The van der Waals surface area contributed by atoms with Gasteiger partial charge in [0, 0.05) is 20.2 Å². The van der Waals surface area contributed by atoms with Crippen LogP contribution in [0.15, 0.2) is 42.7 Å². The number of rotatable bonds is 8. The first-order chi connectivity index (χ1) is 20.0. The molecule has 11 nitrogen and oxygen atoms in total. The number of halogens is 4. The summed E-state index contributed by atoms with van der Waals surface area (Å²) in [5.41, 5.74) is 0.526. The number of carbonyl (C=O) groups excluding carboxylic acids is 1. The fourth-order valence-electron chi connectivity index (χ4n) is 4.38. The summed E-state index contributed by atoms with van der Waals surface area (Å²) in [7, 11) is 4.27. The van der Waals surface area contributed by atoms with Crippen molar-refractivity contribution < 1.29 is 27.1 Å². The third kappa shape index (κ3) is 5.08. The molecule has 218 valence electrons. The van der Waals surface area contributed by atoms with E-state index in [0.29, 0.717) is 28.3 Å². The second-order valence-electron chi connectivity index (χ2n) is 9.48. The first kappa shape index (κ1) is 28.4. The standard InChI is InChI=1S/C27H25F4N9O2/c1-13-6-8-20(36-35-13)33-17-10-16-18(11-19(17)42-5)39(12-32-16)21-9-7-15(24(28)29)26(34-21)40-14(2)22(27(41)38(3)4)23(37-40)25(30)31/h6-12,24-25H,1-5H3,(H,33,36). The van der Waals surface area contributed by atoms with Crippen molar-refractivity contribution in [1.29, 1.82) is 0 Å². The molecule has 15 heteroatoms. The normalized spacial score (nSPS) is 11.5. The predicted molar refractivity (Wildman–Crippen MR) is 145 cm³/mol. The molecule has 0 saturated carbocycles. The molecular formula is C27H25F4N9O2. The Morgan fingerprint density at radius 1 is 1.02 bits per heavy atom. The summed E-state index contributed by atoms with van der Waals surface area (Å²) in [6, 6.07) is 9.43. The van der Waals surface area contributed by atoms with Crippen LogP contribution in [0.3, 0.4) is 0 Å². The second kappa shape index (κ2) is 11.1. The molecular weight excluding hydrogens is 558 g/mol. The molecule has 0 spiro atoms. The largest absolute Gasteiger partial charge is 0.494 e. The van der Waals surface area contributed by atoms with Crippen molar-refractivity contribution in [3.63, 3.8) is 0 Å². The number of aromatic nitrogens is 7. The minimum Gasteiger partial charge on any atom is -0.494 e. The van der Waals surface area contributed by atoms with E-state index in [1.54, 1.807) is 24.3 Å².